The zero-order valence-corrected chi connectivity index (χ0v) is 18.1. The van der Waals surface area contributed by atoms with E-state index < -0.39 is 0 Å². The standard InChI is InChI=1S/C23H31N5O2/c1-14(2)19-8-7-16(10-24)23(26-19)27-12-17-9-18(13-27)21(11-25-15(3)29)28-20(17)5-4-6-22(28)30/h7-8,14,17-18,20-21H,4-6,9,11-13H2,1-3H3,(H,25,29)/t17-,18+,20+,21+/m1/s1. The van der Waals surface area contributed by atoms with Gasteiger partial charge in [0.25, 0.3) is 0 Å². The van der Waals surface area contributed by atoms with Crippen LogP contribution in [-0.2, 0) is 9.59 Å². The van der Waals surface area contributed by atoms with Gasteiger partial charge in [0.15, 0.2) is 0 Å². The van der Waals surface area contributed by atoms with Crippen molar-refractivity contribution in [3.8, 4) is 6.07 Å². The van der Waals surface area contributed by atoms with E-state index in [0.717, 1.165) is 43.9 Å². The van der Waals surface area contributed by atoms with Crippen LogP contribution < -0.4 is 10.2 Å². The van der Waals surface area contributed by atoms with E-state index in [1.54, 1.807) is 0 Å². The summed E-state index contributed by atoms with van der Waals surface area (Å²) in [5.74, 6) is 1.85. The number of nitriles is 1. The van der Waals surface area contributed by atoms with Gasteiger partial charge in [-0.3, -0.25) is 9.59 Å². The minimum absolute atomic E-state index is 0.00423. The highest BCUT2D eigenvalue weighted by atomic mass is 16.2. The molecule has 3 fully saturated rings. The third-order valence-electron chi connectivity index (χ3n) is 6.97. The average molecular weight is 410 g/mol. The molecule has 7 nitrogen and oxygen atoms in total. The van der Waals surface area contributed by atoms with E-state index in [1.807, 2.05) is 12.1 Å². The maximum absolute atomic E-state index is 12.8. The molecular weight excluding hydrogens is 378 g/mol. The van der Waals surface area contributed by atoms with Gasteiger partial charge < -0.3 is 15.1 Å². The molecule has 0 saturated carbocycles. The van der Waals surface area contributed by atoms with E-state index in [2.05, 4.69) is 35.0 Å². The molecular formula is C23H31N5O2. The van der Waals surface area contributed by atoms with Crippen LogP contribution in [0, 0.1) is 23.2 Å². The Kier molecular flexibility index (Phi) is 5.68. The smallest absolute Gasteiger partial charge is 0.223 e. The number of hydrogen-bond donors (Lipinski definition) is 1. The van der Waals surface area contributed by atoms with Crippen molar-refractivity contribution in [1.82, 2.24) is 15.2 Å². The molecule has 0 aromatic carbocycles. The summed E-state index contributed by atoms with van der Waals surface area (Å²) in [5, 5.41) is 12.6. The predicted molar refractivity (Wildman–Crippen MR) is 114 cm³/mol. The number of hydrogen-bond acceptors (Lipinski definition) is 5. The highest BCUT2D eigenvalue weighted by molar-refractivity contribution is 5.78. The lowest BCUT2D eigenvalue weighted by Crippen LogP contribution is -2.67. The molecule has 0 aliphatic carbocycles. The SMILES string of the molecule is CC(=O)NC[C@H]1[C@H]2C[C@H](CN(c3nc(C(C)C)ccc3C#N)C2)[C@@H]2CCCC(=O)N21. The van der Waals surface area contributed by atoms with E-state index in [0.29, 0.717) is 30.4 Å². The van der Waals surface area contributed by atoms with Gasteiger partial charge in [-0.05, 0) is 49.1 Å². The summed E-state index contributed by atoms with van der Waals surface area (Å²) in [7, 11) is 0. The third-order valence-corrected chi connectivity index (χ3v) is 6.97. The molecule has 1 N–H and O–H groups in total. The van der Waals surface area contributed by atoms with Crippen LogP contribution in [0.3, 0.4) is 0 Å². The van der Waals surface area contributed by atoms with Crippen molar-refractivity contribution in [1.29, 1.82) is 5.26 Å². The van der Waals surface area contributed by atoms with Crippen LogP contribution in [0.15, 0.2) is 12.1 Å². The first-order chi connectivity index (χ1) is 14.4. The van der Waals surface area contributed by atoms with Crippen LogP contribution in [0.5, 0.6) is 0 Å². The molecule has 1 aromatic rings. The Bertz CT molecular complexity index is 877. The predicted octanol–water partition coefficient (Wildman–Crippen LogP) is 2.42. The molecule has 160 valence electrons. The van der Waals surface area contributed by atoms with Gasteiger partial charge in [-0.1, -0.05) is 13.8 Å². The number of pyridine rings is 1. The topological polar surface area (TPSA) is 89.3 Å². The van der Waals surface area contributed by atoms with Gasteiger partial charge >= 0.3 is 0 Å². The van der Waals surface area contributed by atoms with Gasteiger partial charge in [0.1, 0.15) is 11.9 Å². The highest BCUT2D eigenvalue weighted by Crippen LogP contribution is 2.42. The summed E-state index contributed by atoms with van der Waals surface area (Å²) in [6.45, 7) is 7.81. The molecule has 4 heterocycles. The quantitative estimate of drug-likeness (QED) is 0.825. The van der Waals surface area contributed by atoms with Crippen molar-refractivity contribution < 1.29 is 9.59 Å². The Morgan fingerprint density at radius 1 is 1.33 bits per heavy atom. The molecule has 1 aromatic heterocycles. The fourth-order valence-electron chi connectivity index (χ4n) is 5.57. The van der Waals surface area contributed by atoms with Gasteiger partial charge in [0.2, 0.25) is 11.8 Å². The summed E-state index contributed by atoms with van der Waals surface area (Å²) < 4.78 is 0. The van der Waals surface area contributed by atoms with E-state index in [9.17, 15) is 14.9 Å². The summed E-state index contributed by atoms with van der Waals surface area (Å²) in [6.07, 6.45) is 3.60. The Morgan fingerprint density at radius 2 is 2.10 bits per heavy atom. The van der Waals surface area contributed by atoms with Gasteiger partial charge in [-0.15, -0.1) is 0 Å². The van der Waals surface area contributed by atoms with Crippen LogP contribution >= 0.6 is 0 Å². The van der Waals surface area contributed by atoms with Crippen LogP contribution in [-0.4, -0.2) is 53.4 Å². The number of carbonyl (C=O) groups is 2. The minimum Gasteiger partial charge on any atom is -0.355 e. The number of anilines is 1. The summed E-state index contributed by atoms with van der Waals surface area (Å²) in [6, 6.07) is 6.35. The fourth-order valence-corrected chi connectivity index (χ4v) is 5.57. The second-order valence-electron chi connectivity index (χ2n) is 9.30. The van der Waals surface area contributed by atoms with E-state index in [4.69, 9.17) is 4.98 Å². The first kappa shape index (κ1) is 20.6. The van der Waals surface area contributed by atoms with E-state index in [-0.39, 0.29) is 29.8 Å². The Balaban J connectivity index is 1.67. The fraction of sp³-hybridized carbons (Fsp3) is 0.652. The van der Waals surface area contributed by atoms with Crippen molar-refractivity contribution >= 4 is 17.6 Å². The molecule has 3 aliphatic rings. The monoisotopic (exact) mass is 409 g/mol. The first-order valence-corrected chi connectivity index (χ1v) is 11.1. The highest BCUT2D eigenvalue weighted by Gasteiger charge is 2.49. The van der Waals surface area contributed by atoms with Crippen LogP contribution in [0.1, 0.15) is 63.6 Å². The largest absolute Gasteiger partial charge is 0.355 e. The van der Waals surface area contributed by atoms with E-state index in [1.165, 1.54) is 6.92 Å². The van der Waals surface area contributed by atoms with Gasteiger partial charge in [-0.2, -0.15) is 5.26 Å². The van der Waals surface area contributed by atoms with Crippen LogP contribution in [0.25, 0.3) is 0 Å². The summed E-state index contributed by atoms with van der Waals surface area (Å²) >= 11 is 0. The number of nitrogens with zero attached hydrogens (tertiary/aromatic N) is 4. The normalized spacial score (nSPS) is 28.2. The number of rotatable bonds is 4. The van der Waals surface area contributed by atoms with Gasteiger partial charge in [-0.25, -0.2) is 4.98 Å². The Morgan fingerprint density at radius 3 is 2.80 bits per heavy atom. The molecule has 7 heteroatoms. The van der Waals surface area contributed by atoms with Crippen LogP contribution in [0.4, 0.5) is 5.82 Å². The number of carbonyl (C=O) groups excluding carboxylic acids is 2. The molecule has 2 amide bonds. The molecule has 4 rings (SSSR count). The molecule has 3 saturated heterocycles. The summed E-state index contributed by atoms with van der Waals surface area (Å²) in [4.78, 5) is 33.7. The van der Waals surface area contributed by atoms with Crippen molar-refractivity contribution in [2.75, 3.05) is 24.5 Å². The number of aromatic nitrogens is 1. The van der Waals surface area contributed by atoms with Crippen molar-refractivity contribution in [3.63, 3.8) is 0 Å². The molecule has 4 atom stereocenters. The summed E-state index contributed by atoms with van der Waals surface area (Å²) in [5.41, 5.74) is 1.60. The van der Waals surface area contributed by atoms with Gasteiger partial charge in [0.05, 0.1) is 11.6 Å². The van der Waals surface area contributed by atoms with E-state index >= 15 is 0 Å². The second kappa shape index (κ2) is 8.25. The lowest BCUT2D eigenvalue weighted by atomic mass is 9.72. The lowest BCUT2D eigenvalue weighted by Gasteiger charge is -2.56. The Labute approximate surface area is 178 Å². The third kappa shape index (κ3) is 3.76. The molecule has 30 heavy (non-hydrogen) atoms. The molecule has 3 aliphatic heterocycles. The second-order valence-corrected chi connectivity index (χ2v) is 9.30. The van der Waals surface area contributed by atoms with Gasteiger partial charge in [0, 0.05) is 44.7 Å². The van der Waals surface area contributed by atoms with Crippen molar-refractivity contribution in [2.24, 2.45) is 11.8 Å². The Hall–Kier alpha value is -2.62. The lowest BCUT2D eigenvalue weighted by molar-refractivity contribution is -0.149. The maximum Gasteiger partial charge on any atom is 0.223 e. The molecule has 0 spiro atoms. The number of fused-ring (bicyclic) bond motifs is 4. The molecule has 0 radical (unpaired) electrons. The zero-order valence-electron chi connectivity index (χ0n) is 18.1. The maximum atomic E-state index is 12.8. The first-order valence-electron chi connectivity index (χ1n) is 11.1. The molecule has 0 unspecified atom stereocenters. The number of piperidine rings is 3. The zero-order chi connectivity index (χ0) is 21.4. The number of amides is 2. The van der Waals surface area contributed by atoms with Crippen molar-refractivity contribution in [2.45, 2.75) is 64.5 Å². The number of nitrogens with one attached hydrogen (secondary N) is 1. The average Bonchev–Trinajstić information content (AvgIpc) is 2.73. The minimum atomic E-state index is -0.0659. The molecule has 2 bridgehead atoms. The van der Waals surface area contributed by atoms with Crippen molar-refractivity contribution in [3.05, 3.63) is 23.4 Å². The van der Waals surface area contributed by atoms with Crippen LogP contribution in [0.2, 0.25) is 0 Å².